The quantitative estimate of drug-likeness (QED) is 0.376. The van der Waals surface area contributed by atoms with Gasteiger partial charge in [0, 0.05) is 25.7 Å². The number of halogens is 2. The predicted molar refractivity (Wildman–Crippen MR) is 119 cm³/mol. The summed E-state index contributed by atoms with van der Waals surface area (Å²) >= 11 is 1.80. The van der Waals surface area contributed by atoms with Crippen LogP contribution in [0.2, 0.25) is 0 Å². The van der Waals surface area contributed by atoms with Gasteiger partial charge in [-0.25, -0.2) is 9.38 Å². The fraction of sp³-hybridized carbons (Fsp3) is 0.421. The summed E-state index contributed by atoms with van der Waals surface area (Å²) in [6.45, 7) is 5.45. The largest absolute Gasteiger partial charge is 0.363 e. The molecule has 26 heavy (non-hydrogen) atoms. The van der Waals surface area contributed by atoms with Crippen molar-refractivity contribution in [3.63, 3.8) is 0 Å². The number of thiophene rings is 1. The number of nitrogens with zero attached hydrogens (tertiary/aromatic N) is 2. The third-order valence-electron chi connectivity index (χ3n) is 4.31. The van der Waals surface area contributed by atoms with Gasteiger partial charge in [-0.05, 0) is 55.0 Å². The second-order valence-electron chi connectivity index (χ2n) is 6.18. The van der Waals surface area contributed by atoms with Crippen LogP contribution in [0.4, 0.5) is 9.39 Å². The topological polar surface area (TPSA) is 39.7 Å². The Morgan fingerprint density at radius 1 is 1.27 bits per heavy atom. The van der Waals surface area contributed by atoms with E-state index in [1.54, 1.807) is 17.4 Å². The highest BCUT2D eigenvalue weighted by molar-refractivity contribution is 14.0. The van der Waals surface area contributed by atoms with Crippen LogP contribution in [0.3, 0.4) is 0 Å². The first-order valence-corrected chi connectivity index (χ1v) is 9.70. The zero-order chi connectivity index (χ0) is 17.5. The molecule has 0 aliphatic carbocycles. The summed E-state index contributed by atoms with van der Waals surface area (Å²) in [6.07, 6.45) is 2.17. The molecule has 1 saturated heterocycles. The normalized spacial score (nSPS) is 15.5. The van der Waals surface area contributed by atoms with E-state index in [1.165, 1.54) is 17.1 Å². The van der Waals surface area contributed by atoms with E-state index >= 15 is 0 Å². The molecule has 1 aromatic heterocycles. The molecule has 2 heterocycles. The Labute approximate surface area is 175 Å². The van der Waals surface area contributed by atoms with Crippen molar-refractivity contribution in [2.24, 2.45) is 4.99 Å². The molecule has 0 saturated carbocycles. The Kier molecular flexibility index (Phi) is 8.64. The lowest BCUT2D eigenvalue weighted by atomic mass is 10.1. The minimum Gasteiger partial charge on any atom is -0.363 e. The summed E-state index contributed by atoms with van der Waals surface area (Å²) in [6, 6.07) is 11.3. The van der Waals surface area contributed by atoms with Crippen LogP contribution < -0.4 is 15.5 Å². The van der Waals surface area contributed by atoms with Crippen LogP contribution in [0, 0.1) is 5.82 Å². The average Bonchev–Trinajstić information content (AvgIpc) is 3.15. The van der Waals surface area contributed by atoms with Crippen molar-refractivity contribution in [3.8, 4) is 0 Å². The lowest BCUT2D eigenvalue weighted by Crippen LogP contribution is -2.48. The van der Waals surface area contributed by atoms with Crippen molar-refractivity contribution in [2.75, 3.05) is 24.5 Å². The van der Waals surface area contributed by atoms with Gasteiger partial charge in [0.1, 0.15) is 5.82 Å². The van der Waals surface area contributed by atoms with E-state index in [0.29, 0.717) is 12.6 Å². The van der Waals surface area contributed by atoms with Gasteiger partial charge in [0.2, 0.25) is 0 Å². The maximum Gasteiger partial charge on any atom is 0.191 e. The van der Waals surface area contributed by atoms with Gasteiger partial charge in [-0.15, -0.1) is 35.3 Å². The summed E-state index contributed by atoms with van der Waals surface area (Å²) in [5.74, 6) is 0.591. The summed E-state index contributed by atoms with van der Waals surface area (Å²) in [5.41, 5.74) is 0.879. The van der Waals surface area contributed by atoms with Crippen molar-refractivity contribution in [1.29, 1.82) is 0 Å². The minimum absolute atomic E-state index is 0. The van der Waals surface area contributed by atoms with Crippen LogP contribution in [0.15, 0.2) is 46.8 Å². The third kappa shape index (κ3) is 6.12. The number of hydrogen-bond donors (Lipinski definition) is 2. The van der Waals surface area contributed by atoms with Crippen molar-refractivity contribution in [1.82, 2.24) is 10.6 Å². The van der Waals surface area contributed by atoms with E-state index in [0.717, 1.165) is 44.0 Å². The molecule has 1 fully saturated rings. The maximum absolute atomic E-state index is 13.3. The monoisotopic (exact) mass is 488 g/mol. The van der Waals surface area contributed by atoms with Crippen molar-refractivity contribution >= 4 is 46.3 Å². The highest BCUT2D eigenvalue weighted by atomic mass is 127. The molecule has 142 valence electrons. The predicted octanol–water partition coefficient (Wildman–Crippen LogP) is 4.23. The van der Waals surface area contributed by atoms with Crippen molar-refractivity contribution in [3.05, 3.63) is 53.2 Å². The van der Waals surface area contributed by atoms with Crippen LogP contribution >= 0.6 is 35.3 Å². The molecule has 4 nitrogen and oxygen atoms in total. The van der Waals surface area contributed by atoms with Crippen molar-refractivity contribution in [2.45, 2.75) is 32.4 Å². The second kappa shape index (κ2) is 10.7. The molecule has 0 amide bonds. The maximum atomic E-state index is 13.3. The summed E-state index contributed by atoms with van der Waals surface area (Å²) in [7, 11) is 0. The van der Waals surface area contributed by atoms with Crippen LogP contribution in [0.25, 0.3) is 0 Å². The standard InChI is InChI=1S/C19H25FN4S.HI/c1-2-21-19(22-14-15-5-3-6-16(20)13-15)23-17-8-10-24(11-9-17)18-7-4-12-25-18;/h3-7,12-13,17H,2,8-11,14H2,1H3,(H2,21,22,23);1H. The van der Waals surface area contributed by atoms with Gasteiger partial charge < -0.3 is 15.5 Å². The lowest BCUT2D eigenvalue weighted by molar-refractivity contribution is 0.463. The van der Waals surface area contributed by atoms with Crippen LogP contribution in [0.5, 0.6) is 0 Å². The zero-order valence-corrected chi connectivity index (χ0v) is 18.1. The average molecular weight is 488 g/mol. The first-order valence-electron chi connectivity index (χ1n) is 8.82. The smallest absolute Gasteiger partial charge is 0.191 e. The number of hydrogen-bond acceptors (Lipinski definition) is 3. The number of aliphatic imine (C=N–C) groups is 1. The van der Waals surface area contributed by atoms with Gasteiger partial charge in [0.25, 0.3) is 0 Å². The van der Waals surface area contributed by atoms with E-state index in [-0.39, 0.29) is 29.8 Å². The molecule has 2 N–H and O–H groups in total. The van der Waals surface area contributed by atoms with Gasteiger partial charge in [-0.3, -0.25) is 0 Å². The number of piperidine rings is 1. The van der Waals surface area contributed by atoms with Gasteiger partial charge in [-0.1, -0.05) is 12.1 Å². The molecule has 0 spiro atoms. The highest BCUT2D eigenvalue weighted by Gasteiger charge is 2.20. The van der Waals surface area contributed by atoms with E-state index in [2.05, 4.69) is 45.0 Å². The van der Waals surface area contributed by atoms with Crippen LogP contribution in [-0.4, -0.2) is 31.6 Å². The van der Waals surface area contributed by atoms with Crippen LogP contribution in [0.1, 0.15) is 25.3 Å². The Morgan fingerprint density at radius 3 is 2.73 bits per heavy atom. The first-order chi connectivity index (χ1) is 12.2. The van der Waals surface area contributed by atoms with E-state index in [1.807, 2.05) is 6.07 Å². The second-order valence-corrected chi connectivity index (χ2v) is 7.11. The lowest BCUT2D eigenvalue weighted by Gasteiger charge is -2.33. The van der Waals surface area contributed by atoms with Gasteiger partial charge in [0.15, 0.2) is 5.96 Å². The number of anilines is 1. The summed E-state index contributed by atoms with van der Waals surface area (Å²) in [4.78, 5) is 7.05. The third-order valence-corrected chi connectivity index (χ3v) is 5.24. The van der Waals surface area contributed by atoms with Gasteiger partial charge in [0.05, 0.1) is 11.5 Å². The zero-order valence-electron chi connectivity index (χ0n) is 15.0. The molecular weight excluding hydrogens is 462 g/mol. The molecule has 0 unspecified atom stereocenters. The minimum atomic E-state index is -0.216. The Bertz CT molecular complexity index is 685. The highest BCUT2D eigenvalue weighted by Crippen LogP contribution is 2.24. The van der Waals surface area contributed by atoms with E-state index < -0.39 is 0 Å². The molecule has 1 aromatic carbocycles. The molecule has 2 aromatic rings. The fourth-order valence-electron chi connectivity index (χ4n) is 3.01. The van der Waals surface area contributed by atoms with Gasteiger partial charge in [-0.2, -0.15) is 0 Å². The Hall–Kier alpha value is -1.35. The Morgan fingerprint density at radius 2 is 2.08 bits per heavy atom. The molecule has 0 radical (unpaired) electrons. The fourth-order valence-corrected chi connectivity index (χ4v) is 3.80. The van der Waals surface area contributed by atoms with Crippen LogP contribution in [-0.2, 0) is 6.54 Å². The molecule has 1 aliphatic rings. The molecular formula is C19H26FIN4S. The number of guanidine groups is 1. The first kappa shape index (κ1) is 21.0. The van der Waals surface area contributed by atoms with Gasteiger partial charge >= 0.3 is 0 Å². The summed E-state index contributed by atoms with van der Waals surface area (Å²) in [5, 5.41) is 10.3. The number of rotatable bonds is 5. The van der Waals surface area contributed by atoms with E-state index in [4.69, 9.17) is 0 Å². The SMILES string of the molecule is CCNC(=NCc1cccc(F)c1)NC1CCN(c2cccs2)CC1.I. The molecule has 7 heteroatoms. The molecule has 3 rings (SSSR count). The molecule has 1 aliphatic heterocycles. The number of benzene rings is 1. The number of nitrogens with one attached hydrogen (secondary N) is 2. The molecule has 0 atom stereocenters. The van der Waals surface area contributed by atoms with E-state index in [9.17, 15) is 4.39 Å². The Balaban J connectivity index is 0.00000243. The molecule has 0 bridgehead atoms. The van der Waals surface area contributed by atoms with Crippen molar-refractivity contribution < 1.29 is 4.39 Å². The summed E-state index contributed by atoms with van der Waals surface area (Å²) < 4.78 is 13.3.